The lowest BCUT2D eigenvalue weighted by molar-refractivity contribution is 0.0674. The molecule has 1 amide bonds. The topological polar surface area (TPSA) is 48.5 Å². The van der Waals surface area contributed by atoms with Crippen molar-refractivity contribution < 1.29 is 4.79 Å². The average Bonchev–Trinajstić information content (AvgIpc) is 3.37. The maximum absolute atomic E-state index is 12.9. The second-order valence-electron chi connectivity index (χ2n) is 8.38. The van der Waals surface area contributed by atoms with Crippen molar-refractivity contribution in [2.24, 2.45) is 0 Å². The average molecular weight is 397 g/mol. The van der Waals surface area contributed by atoms with Crippen molar-refractivity contribution in [3.05, 3.63) is 51.5 Å². The first-order chi connectivity index (χ1) is 13.8. The molecule has 4 heterocycles. The fourth-order valence-corrected chi connectivity index (χ4v) is 5.53. The second kappa shape index (κ2) is 7.93. The third-order valence-corrected chi connectivity index (χ3v) is 7.24. The summed E-state index contributed by atoms with van der Waals surface area (Å²) < 4.78 is 0. The highest BCUT2D eigenvalue weighted by Gasteiger charge is 2.34. The number of nitrogens with zero attached hydrogens (tertiary/aromatic N) is 3. The summed E-state index contributed by atoms with van der Waals surface area (Å²) in [5, 5.41) is 5.59. The molecule has 3 aliphatic rings. The molecule has 0 radical (unpaired) electrons. The van der Waals surface area contributed by atoms with Crippen LogP contribution in [0.25, 0.3) is 0 Å². The summed E-state index contributed by atoms with van der Waals surface area (Å²) in [5.74, 6) is 0.839. The van der Waals surface area contributed by atoms with Crippen molar-refractivity contribution in [2.45, 2.75) is 50.7 Å². The van der Waals surface area contributed by atoms with Crippen LogP contribution >= 0.6 is 11.3 Å². The van der Waals surface area contributed by atoms with Crippen LogP contribution in [0.1, 0.15) is 58.8 Å². The number of fused-ring (bicyclic) bond motifs is 1. The van der Waals surface area contributed by atoms with Crippen molar-refractivity contribution in [1.82, 2.24) is 20.1 Å². The Morgan fingerprint density at radius 1 is 1.21 bits per heavy atom. The van der Waals surface area contributed by atoms with Gasteiger partial charge in [0.25, 0.3) is 5.91 Å². The van der Waals surface area contributed by atoms with E-state index in [0.29, 0.717) is 12.0 Å². The minimum atomic E-state index is 0.230. The first kappa shape index (κ1) is 18.3. The largest absolute Gasteiger partial charge is 0.330 e. The van der Waals surface area contributed by atoms with Crippen LogP contribution in [0.4, 0.5) is 0 Å². The molecule has 2 saturated heterocycles. The Morgan fingerprint density at radius 3 is 2.86 bits per heavy atom. The lowest BCUT2D eigenvalue weighted by Gasteiger charge is -2.32. The van der Waals surface area contributed by atoms with Gasteiger partial charge in [-0.3, -0.25) is 9.69 Å². The van der Waals surface area contributed by atoms with Crippen molar-refractivity contribution in [2.75, 3.05) is 26.2 Å². The summed E-state index contributed by atoms with van der Waals surface area (Å²) in [6, 6.07) is 6.97. The number of hydrogen-bond donors (Lipinski definition) is 1. The lowest BCUT2D eigenvalue weighted by Crippen LogP contribution is -2.46. The van der Waals surface area contributed by atoms with E-state index >= 15 is 0 Å². The molecule has 2 fully saturated rings. The number of benzene rings is 1. The number of rotatable bonds is 4. The summed E-state index contributed by atoms with van der Waals surface area (Å²) in [7, 11) is 0. The van der Waals surface area contributed by atoms with Gasteiger partial charge in [0, 0.05) is 36.6 Å². The van der Waals surface area contributed by atoms with Gasteiger partial charge in [0.05, 0.1) is 11.2 Å². The molecule has 5 nitrogen and oxygen atoms in total. The van der Waals surface area contributed by atoms with Gasteiger partial charge in [0.1, 0.15) is 0 Å². The summed E-state index contributed by atoms with van der Waals surface area (Å²) in [5.41, 5.74) is 6.69. The molecule has 6 heteroatoms. The molecule has 1 N–H and O–H groups in total. The SMILES string of the molecule is O=C1c2ccc(C3CCN(Cc4cscn4)CC3)cc2CN1C1CCCNC1. The highest BCUT2D eigenvalue weighted by Crippen LogP contribution is 2.33. The second-order valence-corrected chi connectivity index (χ2v) is 9.10. The molecule has 0 aliphatic carbocycles. The number of piperidine rings is 2. The molecule has 5 rings (SSSR count). The number of amides is 1. The summed E-state index contributed by atoms with van der Waals surface area (Å²) in [6.45, 7) is 6.02. The van der Waals surface area contributed by atoms with Crippen LogP contribution in [-0.4, -0.2) is 52.9 Å². The van der Waals surface area contributed by atoms with Crippen LogP contribution in [0.2, 0.25) is 0 Å². The van der Waals surface area contributed by atoms with E-state index in [9.17, 15) is 4.79 Å². The number of carbonyl (C=O) groups is 1. The molecular weight excluding hydrogens is 368 g/mol. The monoisotopic (exact) mass is 396 g/mol. The van der Waals surface area contributed by atoms with Crippen LogP contribution < -0.4 is 5.32 Å². The highest BCUT2D eigenvalue weighted by atomic mass is 32.1. The molecule has 1 aromatic carbocycles. The number of thiazole rings is 1. The van der Waals surface area contributed by atoms with E-state index < -0.39 is 0 Å². The molecule has 0 saturated carbocycles. The standard InChI is InChI=1S/C22H28N4OS/c27-22-21-4-3-17(10-18(21)12-26(22)20-2-1-7-23-11-20)16-5-8-25(9-6-16)13-19-14-28-15-24-19/h3-4,10,14-16,20,23H,1-2,5-9,11-13H2. The smallest absolute Gasteiger partial charge is 0.254 e. The minimum Gasteiger partial charge on any atom is -0.330 e. The van der Waals surface area contributed by atoms with Crippen LogP contribution in [0.15, 0.2) is 29.1 Å². The quantitative estimate of drug-likeness (QED) is 0.862. The maximum Gasteiger partial charge on any atom is 0.254 e. The molecule has 148 valence electrons. The molecule has 1 atom stereocenters. The van der Waals surface area contributed by atoms with Gasteiger partial charge in [-0.05, 0) is 68.4 Å². The summed E-state index contributed by atoms with van der Waals surface area (Å²) in [4.78, 5) is 21.9. The van der Waals surface area contributed by atoms with Gasteiger partial charge in [-0.2, -0.15) is 0 Å². The predicted octanol–water partition coefficient (Wildman–Crippen LogP) is 3.23. The molecule has 1 aromatic heterocycles. The van der Waals surface area contributed by atoms with Gasteiger partial charge >= 0.3 is 0 Å². The zero-order chi connectivity index (χ0) is 18.9. The van der Waals surface area contributed by atoms with Crippen LogP contribution in [-0.2, 0) is 13.1 Å². The normalized spacial score (nSPS) is 23.9. The Morgan fingerprint density at radius 2 is 2.11 bits per heavy atom. The Balaban J connectivity index is 1.23. The first-order valence-corrected chi connectivity index (χ1v) is 11.5. The van der Waals surface area contributed by atoms with E-state index in [0.717, 1.165) is 57.7 Å². The molecule has 28 heavy (non-hydrogen) atoms. The van der Waals surface area contributed by atoms with E-state index in [2.05, 4.69) is 43.7 Å². The number of likely N-dealkylation sites (tertiary alicyclic amines) is 1. The molecule has 0 spiro atoms. The fourth-order valence-electron chi connectivity index (χ4n) is 4.98. The zero-order valence-corrected chi connectivity index (χ0v) is 17.1. The Hall–Kier alpha value is -1.76. The van der Waals surface area contributed by atoms with Gasteiger partial charge in [-0.25, -0.2) is 4.98 Å². The van der Waals surface area contributed by atoms with Crippen molar-refractivity contribution in [3.8, 4) is 0 Å². The van der Waals surface area contributed by atoms with Gasteiger partial charge in [-0.1, -0.05) is 12.1 Å². The molecule has 1 unspecified atom stereocenters. The Kier molecular flexibility index (Phi) is 5.18. The van der Waals surface area contributed by atoms with E-state index in [1.54, 1.807) is 11.3 Å². The molecule has 0 bridgehead atoms. The van der Waals surface area contributed by atoms with Gasteiger partial charge in [-0.15, -0.1) is 11.3 Å². The van der Waals surface area contributed by atoms with Crippen LogP contribution in [0.3, 0.4) is 0 Å². The zero-order valence-electron chi connectivity index (χ0n) is 16.3. The first-order valence-electron chi connectivity index (χ1n) is 10.5. The number of aromatic nitrogens is 1. The highest BCUT2D eigenvalue weighted by molar-refractivity contribution is 7.07. The predicted molar refractivity (Wildman–Crippen MR) is 112 cm³/mol. The maximum atomic E-state index is 12.9. The molecular formula is C22H28N4OS. The van der Waals surface area contributed by atoms with E-state index in [1.165, 1.54) is 29.7 Å². The summed E-state index contributed by atoms with van der Waals surface area (Å²) >= 11 is 1.67. The van der Waals surface area contributed by atoms with Gasteiger partial charge < -0.3 is 10.2 Å². The molecule has 3 aliphatic heterocycles. The number of nitrogens with one attached hydrogen (secondary N) is 1. The van der Waals surface area contributed by atoms with Crippen LogP contribution in [0, 0.1) is 0 Å². The Bertz CT molecular complexity index is 823. The van der Waals surface area contributed by atoms with Crippen molar-refractivity contribution >= 4 is 17.2 Å². The van der Waals surface area contributed by atoms with Crippen molar-refractivity contribution in [1.29, 1.82) is 0 Å². The Labute approximate surface area is 170 Å². The van der Waals surface area contributed by atoms with Gasteiger partial charge in [0.2, 0.25) is 0 Å². The summed E-state index contributed by atoms with van der Waals surface area (Å²) in [6.07, 6.45) is 4.66. The number of hydrogen-bond acceptors (Lipinski definition) is 5. The fraction of sp³-hybridized carbons (Fsp3) is 0.545. The van der Waals surface area contributed by atoms with E-state index in [4.69, 9.17) is 0 Å². The van der Waals surface area contributed by atoms with E-state index in [1.807, 2.05) is 5.51 Å². The van der Waals surface area contributed by atoms with Crippen molar-refractivity contribution in [3.63, 3.8) is 0 Å². The minimum absolute atomic E-state index is 0.230. The van der Waals surface area contributed by atoms with E-state index in [-0.39, 0.29) is 5.91 Å². The molecule has 2 aromatic rings. The van der Waals surface area contributed by atoms with Crippen LogP contribution in [0.5, 0.6) is 0 Å². The lowest BCUT2D eigenvalue weighted by atomic mass is 9.88. The third kappa shape index (κ3) is 3.61. The number of carbonyl (C=O) groups excluding carboxylic acids is 1. The van der Waals surface area contributed by atoms with Gasteiger partial charge in [0.15, 0.2) is 0 Å². The third-order valence-electron chi connectivity index (χ3n) is 6.60.